The van der Waals surface area contributed by atoms with Crippen LogP contribution in [0.5, 0.6) is 0 Å². The van der Waals surface area contributed by atoms with Crippen molar-refractivity contribution in [2.75, 3.05) is 0 Å². The summed E-state index contributed by atoms with van der Waals surface area (Å²) in [6.07, 6.45) is -2.79. The average molecular weight is 633 g/mol. The zero-order chi connectivity index (χ0) is 32.4. The molecule has 2 unspecified atom stereocenters. The molecule has 0 saturated heterocycles. The fraction of sp³-hybridized carbons (Fsp3) is 0.281. The minimum absolute atomic E-state index is 0.0150. The number of Topliss-reactive ketones (excluding diaryl/α,β-unsaturated/α-hetero) is 1. The summed E-state index contributed by atoms with van der Waals surface area (Å²) >= 11 is 0. The molecule has 3 atom stereocenters. The first-order chi connectivity index (χ1) is 21.1. The molecule has 1 saturated carbocycles. The Bertz CT molecular complexity index is 1830. The third-order valence-corrected chi connectivity index (χ3v) is 8.32. The van der Waals surface area contributed by atoms with Gasteiger partial charge in [-0.15, -0.1) is 0 Å². The Labute approximate surface area is 251 Å². The largest absolute Gasteiger partial charge is 0.435 e. The van der Waals surface area contributed by atoms with Crippen molar-refractivity contribution < 1.29 is 39.9 Å². The molecule has 45 heavy (non-hydrogen) atoms. The Morgan fingerprint density at radius 1 is 1.09 bits per heavy atom. The highest BCUT2D eigenvalue weighted by Crippen LogP contribution is 2.68. The first-order valence-electron chi connectivity index (χ1n) is 13.9. The van der Waals surface area contributed by atoms with E-state index in [1.165, 1.54) is 30.6 Å². The van der Waals surface area contributed by atoms with Gasteiger partial charge in [-0.3, -0.25) is 14.5 Å². The Hall–Kier alpha value is -4.55. The SMILES string of the molecule is C=C(N)c1cc(-c2ccncc2[C@@H](CC(=O)Cn2nc(C(F)(F)F)c3c2C2CC2C3(F)F)Cc2cc(F)cc(F)c2)ccc1F. The summed E-state index contributed by atoms with van der Waals surface area (Å²) < 4.78 is 114. The summed E-state index contributed by atoms with van der Waals surface area (Å²) in [5, 5.41) is 3.43. The molecule has 2 aromatic heterocycles. The molecular formula is C32H24F8N4O. The summed E-state index contributed by atoms with van der Waals surface area (Å²) in [5.74, 6) is -9.69. The fourth-order valence-corrected chi connectivity index (χ4v) is 6.33. The van der Waals surface area contributed by atoms with E-state index in [1.807, 2.05) is 0 Å². The third-order valence-electron chi connectivity index (χ3n) is 8.32. The highest BCUT2D eigenvalue weighted by Gasteiger charge is 2.68. The Morgan fingerprint density at radius 3 is 2.47 bits per heavy atom. The van der Waals surface area contributed by atoms with Gasteiger partial charge in [0, 0.05) is 48.0 Å². The van der Waals surface area contributed by atoms with Gasteiger partial charge in [0.15, 0.2) is 11.5 Å². The lowest BCUT2D eigenvalue weighted by Crippen LogP contribution is -2.20. The van der Waals surface area contributed by atoms with E-state index in [-0.39, 0.29) is 41.8 Å². The Balaban J connectivity index is 1.38. The Morgan fingerprint density at radius 2 is 1.80 bits per heavy atom. The van der Waals surface area contributed by atoms with E-state index in [0.717, 1.165) is 12.1 Å². The molecule has 0 bridgehead atoms. The van der Waals surface area contributed by atoms with Gasteiger partial charge in [0.05, 0.1) is 17.8 Å². The highest BCUT2D eigenvalue weighted by atomic mass is 19.4. The van der Waals surface area contributed by atoms with Crippen LogP contribution in [0.2, 0.25) is 0 Å². The van der Waals surface area contributed by atoms with Crippen molar-refractivity contribution in [1.82, 2.24) is 14.8 Å². The zero-order valence-electron chi connectivity index (χ0n) is 23.3. The number of ketones is 1. The molecule has 4 aromatic rings. The number of fused-ring (bicyclic) bond motifs is 3. The third kappa shape index (κ3) is 5.59. The molecule has 2 aromatic carbocycles. The molecule has 234 valence electrons. The number of benzene rings is 2. The molecule has 13 heteroatoms. The lowest BCUT2D eigenvalue weighted by Gasteiger charge is -2.21. The average Bonchev–Trinajstić information content (AvgIpc) is 3.60. The van der Waals surface area contributed by atoms with Crippen molar-refractivity contribution in [3.8, 4) is 11.1 Å². The minimum Gasteiger partial charge on any atom is -0.399 e. The molecule has 6 rings (SSSR count). The topological polar surface area (TPSA) is 73.8 Å². The normalized spacial score (nSPS) is 18.8. The number of pyridine rings is 1. The predicted molar refractivity (Wildman–Crippen MR) is 147 cm³/mol. The molecular weight excluding hydrogens is 608 g/mol. The summed E-state index contributed by atoms with van der Waals surface area (Å²) in [6, 6.07) is 8.49. The van der Waals surface area contributed by atoms with Crippen LogP contribution in [0.1, 0.15) is 58.3 Å². The Kier molecular flexibility index (Phi) is 7.32. The number of nitrogens with two attached hydrogens (primary N) is 1. The van der Waals surface area contributed by atoms with Crippen molar-refractivity contribution >= 4 is 11.5 Å². The summed E-state index contributed by atoms with van der Waals surface area (Å²) in [7, 11) is 0. The van der Waals surface area contributed by atoms with E-state index in [1.54, 1.807) is 6.07 Å². The molecule has 1 fully saturated rings. The van der Waals surface area contributed by atoms with E-state index >= 15 is 0 Å². The van der Waals surface area contributed by atoms with Crippen LogP contribution in [0.4, 0.5) is 35.1 Å². The maximum Gasteiger partial charge on any atom is 0.435 e. The summed E-state index contributed by atoms with van der Waals surface area (Å²) in [4.78, 5) is 17.7. The molecule has 2 heterocycles. The standard InChI is InChI=1S/C32H24F8N4O/c1-15(41)23-10-17(2-3-27(23)35)22-4-5-42-13-25(22)18(6-16-7-19(33)11-20(34)8-16)9-21(45)14-44-29-24-12-26(24)31(36,37)28(29)30(43-44)32(38,39)40/h2-5,7-8,10-11,13,18,24,26H,1,6,9,12,14,41H2/t18-,24?,26?/m1/s1. The maximum absolute atomic E-state index is 14.8. The van der Waals surface area contributed by atoms with E-state index in [9.17, 15) is 39.9 Å². The number of carbonyl (C=O) groups is 1. The number of aromatic nitrogens is 3. The minimum atomic E-state index is -5.16. The number of hydrogen-bond acceptors (Lipinski definition) is 4. The van der Waals surface area contributed by atoms with Gasteiger partial charge >= 0.3 is 6.18 Å². The molecule has 0 radical (unpaired) electrons. The number of rotatable bonds is 9. The molecule has 2 N–H and O–H groups in total. The number of alkyl halides is 5. The zero-order valence-corrected chi connectivity index (χ0v) is 23.3. The predicted octanol–water partition coefficient (Wildman–Crippen LogP) is 7.51. The molecule has 2 aliphatic carbocycles. The van der Waals surface area contributed by atoms with Gasteiger partial charge in [-0.1, -0.05) is 12.6 Å². The quantitative estimate of drug-likeness (QED) is 0.194. The fourth-order valence-electron chi connectivity index (χ4n) is 6.33. The van der Waals surface area contributed by atoms with E-state index in [4.69, 9.17) is 5.73 Å². The number of halogens is 8. The smallest absolute Gasteiger partial charge is 0.399 e. The monoisotopic (exact) mass is 632 g/mol. The van der Waals surface area contributed by atoms with Crippen LogP contribution in [0.3, 0.4) is 0 Å². The molecule has 0 spiro atoms. The molecule has 0 aliphatic heterocycles. The van der Waals surface area contributed by atoms with Crippen LogP contribution in [-0.4, -0.2) is 20.5 Å². The van der Waals surface area contributed by atoms with E-state index < -0.39 is 70.9 Å². The van der Waals surface area contributed by atoms with Gasteiger partial charge in [0.1, 0.15) is 17.5 Å². The lowest BCUT2D eigenvalue weighted by atomic mass is 9.84. The lowest BCUT2D eigenvalue weighted by molar-refractivity contribution is -0.146. The van der Waals surface area contributed by atoms with Gasteiger partial charge in [0.2, 0.25) is 0 Å². The van der Waals surface area contributed by atoms with Crippen molar-refractivity contribution in [3.63, 3.8) is 0 Å². The van der Waals surface area contributed by atoms with Gasteiger partial charge in [-0.25, -0.2) is 22.0 Å². The van der Waals surface area contributed by atoms with E-state index in [2.05, 4.69) is 16.7 Å². The number of hydrogen-bond donors (Lipinski definition) is 1. The second-order valence-corrected chi connectivity index (χ2v) is 11.4. The van der Waals surface area contributed by atoms with Crippen molar-refractivity contribution in [1.29, 1.82) is 0 Å². The second-order valence-electron chi connectivity index (χ2n) is 11.4. The first kappa shape index (κ1) is 30.5. The van der Waals surface area contributed by atoms with Crippen LogP contribution in [0.25, 0.3) is 16.8 Å². The van der Waals surface area contributed by atoms with Gasteiger partial charge in [-0.2, -0.15) is 18.3 Å². The molecule has 5 nitrogen and oxygen atoms in total. The summed E-state index contributed by atoms with van der Waals surface area (Å²) in [5.41, 5.74) is 4.05. The summed E-state index contributed by atoms with van der Waals surface area (Å²) in [6.45, 7) is 2.85. The van der Waals surface area contributed by atoms with Crippen LogP contribution in [-0.2, 0) is 29.9 Å². The van der Waals surface area contributed by atoms with Gasteiger partial charge in [0.25, 0.3) is 5.92 Å². The van der Waals surface area contributed by atoms with Crippen LogP contribution < -0.4 is 5.73 Å². The van der Waals surface area contributed by atoms with Gasteiger partial charge < -0.3 is 5.73 Å². The maximum atomic E-state index is 14.8. The van der Waals surface area contributed by atoms with Crippen LogP contribution in [0, 0.1) is 23.4 Å². The first-order valence-corrected chi connectivity index (χ1v) is 13.9. The molecule has 0 amide bonds. The van der Waals surface area contributed by atoms with Crippen LogP contribution in [0.15, 0.2) is 61.4 Å². The van der Waals surface area contributed by atoms with Crippen LogP contribution >= 0.6 is 0 Å². The van der Waals surface area contributed by atoms with Crippen molar-refractivity contribution in [3.05, 3.63) is 113 Å². The number of carbonyl (C=O) groups excluding carboxylic acids is 1. The number of nitrogens with zero attached hydrogens (tertiary/aromatic N) is 3. The second kappa shape index (κ2) is 10.8. The van der Waals surface area contributed by atoms with Gasteiger partial charge in [-0.05, 0) is 71.3 Å². The van der Waals surface area contributed by atoms with E-state index in [0.29, 0.717) is 27.4 Å². The molecule has 2 aliphatic rings. The highest BCUT2D eigenvalue weighted by molar-refractivity contribution is 5.80. The van der Waals surface area contributed by atoms with Crippen molar-refractivity contribution in [2.45, 2.75) is 49.7 Å². The van der Waals surface area contributed by atoms with Crippen molar-refractivity contribution in [2.24, 2.45) is 11.7 Å².